The fraction of sp³-hybridized carbons (Fsp3) is 0.571. The van der Waals surface area contributed by atoms with Gasteiger partial charge in [-0.3, -0.25) is 16.2 Å². The van der Waals surface area contributed by atoms with Crippen LogP contribution in [0.5, 0.6) is 0 Å². The predicted octanol–water partition coefficient (Wildman–Crippen LogP) is 3.62. The number of halogens is 2. The van der Waals surface area contributed by atoms with Crippen LogP contribution in [-0.2, 0) is 0 Å². The molecule has 1 rings (SSSR count). The second-order valence-corrected chi connectivity index (χ2v) is 5.91. The number of likely N-dealkylation sites (N-methyl/N-ethyl adjacent to an activating group) is 1. The molecule has 3 N–H and O–H groups in total. The Hall–Kier alpha value is -0.320. The number of nitrogens with one attached hydrogen (secondary N) is 1. The zero-order valence-corrected chi connectivity index (χ0v) is 13.5. The maximum Gasteiger partial charge on any atom is 0.0639 e. The summed E-state index contributed by atoms with van der Waals surface area (Å²) in [7, 11) is 0. The average Bonchev–Trinajstić information content (AvgIpc) is 2.35. The molecule has 3 nitrogen and oxygen atoms in total. The average molecular weight is 304 g/mol. The third-order valence-electron chi connectivity index (χ3n) is 3.73. The summed E-state index contributed by atoms with van der Waals surface area (Å²) < 4.78 is 0. The Morgan fingerprint density at radius 3 is 2.21 bits per heavy atom. The van der Waals surface area contributed by atoms with Gasteiger partial charge in [0.05, 0.1) is 16.1 Å². The van der Waals surface area contributed by atoms with Gasteiger partial charge in [0, 0.05) is 5.54 Å². The molecule has 0 amide bonds. The van der Waals surface area contributed by atoms with Gasteiger partial charge in [0.2, 0.25) is 0 Å². The summed E-state index contributed by atoms with van der Waals surface area (Å²) in [5.74, 6) is 5.77. The molecule has 0 aliphatic carbocycles. The molecule has 0 saturated carbocycles. The lowest BCUT2D eigenvalue weighted by atomic mass is 9.87. The highest BCUT2D eigenvalue weighted by Crippen LogP contribution is 2.33. The lowest BCUT2D eigenvalue weighted by Crippen LogP contribution is -2.54. The fourth-order valence-corrected chi connectivity index (χ4v) is 2.93. The molecule has 5 heteroatoms. The highest BCUT2D eigenvalue weighted by atomic mass is 35.5. The van der Waals surface area contributed by atoms with Crippen LogP contribution in [0.3, 0.4) is 0 Å². The summed E-state index contributed by atoms with van der Waals surface area (Å²) in [4.78, 5) is 2.36. The number of hydrogen-bond donors (Lipinski definition) is 2. The van der Waals surface area contributed by atoms with Gasteiger partial charge in [0.1, 0.15) is 0 Å². The van der Waals surface area contributed by atoms with E-state index in [-0.39, 0.29) is 11.6 Å². The van der Waals surface area contributed by atoms with E-state index in [1.165, 1.54) is 0 Å². The van der Waals surface area contributed by atoms with Crippen molar-refractivity contribution in [3.05, 3.63) is 33.8 Å². The molecular weight excluding hydrogens is 281 g/mol. The van der Waals surface area contributed by atoms with Crippen LogP contribution in [0.4, 0.5) is 0 Å². The first-order chi connectivity index (χ1) is 8.88. The topological polar surface area (TPSA) is 41.3 Å². The van der Waals surface area contributed by atoms with Crippen molar-refractivity contribution in [2.75, 3.05) is 13.1 Å². The number of hydrazine groups is 1. The van der Waals surface area contributed by atoms with Gasteiger partial charge in [-0.2, -0.15) is 0 Å². The zero-order valence-electron chi connectivity index (χ0n) is 12.0. The molecule has 0 bridgehead atoms. The molecule has 1 atom stereocenters. The predicted molar refractivity (Wildman–Crippen MR) is 83.5 cm³/mol. The van der Waals surface area contributed by atoms with E-state index in [1.807, 2.05) is 18.2 Å². The van der Waals surface area contributed by atoms with Gasteiger partial charge in [-0.15, -0.1) is 0 Å². The standard InChI is InChI=1S/C14H23Cl2N3/c1-5-19(6-2)14(3,4)13(18-17)10-7-8-11(15)12(16)9-10/h7-9,13,18H,5-6,17H2,1-4H3. The van der Waals surface area contributed by atoms with E-state index >= 15 is 0 Å². The second-order valence-electron chi connectivity index (χ2n) is 5.10. The van der Waals surface area contributed by atoms with Crippen molar-refractivity contribution in [3.8, 4) is 0 Å². The number of nitrogens with two attached hydrogens (primary N) is 1. The van der Waals surface area contributed by atoms with Crippen molar-refractivity contribution in [3.63, 3.8) is 0 Å². The van der Waals surface area contributed by atoms with Crippen molar-refractivity contribution < 1.29 is 0 Å². The molecule has 0 radical (unpaired) electrons. The minimum Gasteiger partial charge on any atom is -0.297 e. The highest BCUT2D eigenvalue weighted by molar-refractivity contribution is 6.42. The van der Waals surface area contributed by atoms with Crippen LogP contribution >= 0.6 is 23.2 Å². The molecule has 108 valence electrons. The third-order valence-corrected chi connectivity index (χ3v) is 4.47. The molecule has 0 fully saturated rings. The molecule has 0 spiro atoms. The minimum atomic E-state index is -0.130. The van der Waals surface area contributed by atoms with Crippen molar-refractivity contribution in [1.29, 1.82) is 0 Å². The van der Waals surface area contributed by atoms with E-state index < -0.39 is 0 Å². The van der Waals surface area contributed by atoms with E-state index in [4.69, 9.17) is 29.0 Å². The van der Waals surface area contributed by atoms with Crippen LogP contribution in [0.2, 0.25) is 10.0 Å². The Morgan fingerprint density at radius 1 is 1.21 bits per heavy atom. The van der Waals surface area contributed by atoms with E-state index in [1.54, 1.807) is 0 Å². The van der Waals surface area contributed by atoms with Gasteiger partial charge in [-0.25, -0.2) is 0 Å². The largest absolute Gasteiger partial charge is 0.297 e. The van der Waals surface area contributed by atoms with Gasteiger partial charge in [-0.1, -0.05) is 43.1 Å². The first-order valence-electron chi connectivity index (χ1n) is 6.54. The number of benzene rings is 1. The highest BCUT2D eigenvalue weighted by Gasteiger charge is 2.34. The molecule has 1 aromatic carbocycles. The van der Waals surface area contributed by atoms with Gasteiger partial charge >= 0.3 is 0 Å². The maximum atomic E-state index is 6.10. The van der Waals surface area contributed by atoms with Crippen LogP contribution in [0.25, 0.3) is 0 Å². The SMILES string of the molecule is CCN(CC)C(C)(C)C(NN)c1ccc(Cl)c(Cl)c1. The molecule has 0 heterocycles. The minimum absolute atomic E-state index is 0.0258. The van der Waals surface area contributed by atoms with E-state index in [0.717, 1.165) is 18.7 Å². The van der Waals surface area contributed by atoms with Gasteiger partial charge in [0.25, 0.3) is 0 Å². The second kappa shape index (κ2) is 6.91. The number of rotatable bonds is 6. The molecule has 1 aromatic rings. The van der Waals surface area contributed by atoms with E-state index in [9.17, 15) is 0 Å². The van der Waals surface area contributed by atoms with Crippen molar-refractivity contribution in [1.82, 2.24) is 10.3 Å². The Balaban J connectivity index is 3.14. The Bertz CT molecular complexity index is 417. The Labute approximate surface area is 126 Å². The smallest absolute Gasteiger partial charge is 0.0639 e. The van der Waals surface area contributed by atoms with Gasteiger partial charge in [-0.05, 0) is 44.6 Å². The number of nitrogens with zero attached hydrogens (tertiary/aromatic N) is 1. The summed E-state index contributed by atoms with van der Waals surface area (Å²) in [5, 5.41) is 1.11. The first-order valence-corrected chi connectivity index (χ1v) is 7.30. The normalized spacial score (nSPS) is 13.9. The van der Waals surface area contributed by atoms with Crippen LogP contribution in [0.1, 0.15) is 39.3 Å². The molecule has 0 saturated heterocycles. The summed E-state index contributed by atoms with van der Waals surface area (Å²) in [6.45, 7) is 10.6. The van der Waals surface area contributed by atoms with Crippen LogP contribution in [0.15, 0.2) is 18.2 Å². The van der Waals surface area contributed by atoms with Crippen LogP contribution in [0, 0.1) is 0 Å². The molecule has 19 heavy (non-hydrogen) atoms. The van der Waals surface area contributed by atoms with E-state index in [0.29, 0.717) is 10.0 Å². The molecule has 1 unspecified atom stereocenters. The van der Waals surface area contributed by atoms with Gasteiger partial charge < -0.3 is 0 Å². The molecule has 0 aromatic heterocycles. The summed E-state index contributed by atoms with van der Waals surface area (Å²) in [6.07, 6.45) is 0. The van der Waals surface area contributed by atoms with Crippen LogP contribution in [-0.4, -0.2) is 23.5 Å². The Kier molecular flexibility index (Phi) is 6.09. The van der Waals surface area contributed by atoms with Crippen molar-refractivity contribution in [2.24, 2.45) is 5.84 Å². The third kappa shape index (κ3) is 3.61. The van der Waals surface area contributed by atoms with Gasteiger partial charge in [0.15, 0.2) is 0 Å². The summed E-state index contributed by atoms with van der Waals surface area (Å²) in [5.41, 5.74) is 3.82. The lowest BCUT2D eigenvalue weighted by molar-refractivity contribution is 0.0913. The monoisotopic (exact) mass is 303 g/mol. The molecule has 0 aliphatic rings. The van der Waals surface area contributed by atoms with Crippen LogP contribution < -0.4 is 11.3 Å². The Morgan fingerprint density at radius 2 is 1.79 bits per heavy atom. The summed E-state index contributed by atoms with van der Waals surface area (Å²) in [6, 6.07) is 5.62. The zero-order chi connectivity index (χ0) is 14.6. The summed E-state index contributed by atoms with van der Waals surface area (Å²) >= 11 is 12.1. The van der Waals surface area contributed by atoms with Crippen molar-refractivity contribution >= 4 is 23.2 Å². The molecular formula is C14H23Cl2N3. The number of hydrogen-bond acceptors (Lipinski definition) is 3. The molecule has 0 aliphatic heterocycles. The quantitative estimate of drug-likeness (QED) is 0.623. The lowest BCUT2D eigenvalue weighted by Gasteiger charge is -2.43. The maximum absolute atomic E-state index is 6.10. The van der Waals surface area contributed by atoms with Crippen molar-refractivity contribution in [2.45, 2.75) is 39.3 Å². The fourth-order valence-electron chi connectivity index (χ4n) is 2.62. The first kappa shape index (κ1) is 16.7. The van der Waals surface area contributed by atoms with E-state index in [2.05, 4.69) is 38.0 Å².